The first-order valence-electron chi connectivity index (χ1n) is 26.5. The number of fused-ring (bicyclic) bond motifs is 8. The van der Waals surface area contributed by atoms with Gasteiger partial charge in [0.05, 0.1) is 36.3 Å². The van der Waals surface area contributed by atoms with E-state index in [0.29, 0.717) is 6.06 Å². The van der Waals surface area contributed by atoms with Crippen LogP contribution >= 0.6 is 9.24 Å². The minimum atomic E-state index is -0.0625. The second kappa shape index (κ2) is 27.3. The predicted molar refractivity (Wildman–Crippen MR) is 339 cm³/mol. The molecule has 0 bridgehead atoms. The summed E-state index contributed by atoms with van der Waals surface area (Å²) in [5.74, 6) is -0.125. The fraction of sp³-hybridized carbons (Fsp3) is 0.0556. The summed E-state index contributed by atoms with van der Waals surface area (Å²) in [4.78, 5) is 29.0. The number of benzene rings is 10. The predicted octanol–water partition coefficient (Wildman–Crippen LogP) is 17.5. The van der Waals surface area contributed by atoms with E-state index in [0.717, 1.165) is 22.5 Å². The maximum Gasteiger partial charge on any atom is 3.00 e. The second-order valence-corrected chi connectivity index (χ2v) is 19.4. The molecule has 0 spiro atoms. The Kier molecular flexibility index (Phi) is 19.2. The summed E-state index contributed by atoms with van der Waals surface area (Å²) < 4.78 is 4.72. The fourth-order valence-electron chi connectivity index (χ4n) is 10.1. The van der Waals surface area contributed by atoms with Crippen LogP contribution in [-0.4, -0.2) is 44.6 Å². The maximum atomic E-state index is 10.0. The molecule has 0 amide bonds. The van der Waals surface area contributed by atoms with Crippen molar-refractivity contribution in [3.05, 3.63) is 279 Å². The van der Waals surface area contributed by atoms with Crippen molar-refractivity contribution in [1.29, 1.82) is 0 Å². The van der Waals surface area contributed by atoms with Crippen LogP contribution in [0.15, 0.2) is 267 Å². The number of rotatable bonds is 7. The van der Waals surface area contributed by atoms with E-state index in [1.54, 1.807) is 0 Å². The zero-order chi connectivity index (χ0) is 55.2. The van der Waals surface area contributed by atoms with Crippen LogP contribution in [0.3, 0.4) is 0 Å². The summed E-state index contributed by atoms with van der Waals surface area (Å²) in [6.07, 6.45) is 3.77. The molecular formula is C72H56BIrN4O2P+. The molecule has 14 aromatic rings. The third-order valence-corrected chi connectivity index (χ3v) is 13.5. The van der Waals surface area contributed by atoms with E-state index in [-0.39, 0.29) is 38.1 Å². The largest absolute Gasteiger partial charge is 3.00 e. The molecule has 81 heavy (non-hydrogen) atoms. The van der Waals surface area contributed by atoms with E-state index < -0.39 is 0 Å². The molecule has 4 aromatic heterocycles. The van der Waals surface area contributed by atoms with Gasteiger partial charge in [-0.15, -0.1) is 81.0 Å². The van der Waals surface area contributed by atoms with Crippen LogP contribution in [0, 0.1) is 12.1 Å². The van der Waals surface area contributed by atoms with E-state index in [2.05, 4.69) is 210 Å². The quantitative estimate of drug-likeness (QED) is 0.0690. The minimum Gasteiger partial charge on any atom is -0.309 e. The maximum absolute atomic E-state index is 10.0. The fourth-order valence-corrected chi connectivity index (χ4v) is 10.1. The van der Waals surface area contributed by atoms with Gasteiger partial charge >= 0.3 is 20.1 Å². The van der Waals surface area contributed by atoms with Crippen LogP contribution in [0.25, 0.3) is 110 Å². The first-order chi connectivity index (χ1) is 39.3. The molecule has 0 aliphatic heterocycles. The summed E-state index contributed by atoms with van der Waals surface area (Å²) >= 11 is 0. The van der Waals surface area contributed by atoms with Crippen molar-refractivity contribution >= 4 is 93.8 Å². The van der Waals surface area contributed by atoms with Gasteiger partial charge < -0.3 is 19.1 Å². The molecule has 0 fully saturated rings. The molecule has 1 unspecified atom stereocenters. The molecule has 0 aliphatic carbocycles. The molecule has 0 aliphatic rings. The zero-order valence-corrected chi connectivity index (χ0v) is 48.5. The summed E-state index contributed by atoms with van der Waals surface area (Å²) in [5, 5.41) is 9.91. The summed E-state index contributed by atoms with van der Waals surface area (Å²) in [6, 6.07) is 96.0. The minimum absolute atomic E-state index is 0. The van der Waals surface area contributed by atoms with Crippen molar-refractivity contribution in [2.24, 2.45) is 0 Å². The molecule has 10 aromatic carbocycles. The van der Waals surface area contributed by atoms with Crippen LogP contribution in [-0.2, 0) is 29.7 Å². The Bertz CT molecular complexity index is 3990. The molecule has 0 saturated heterocycles. The molecule has 1 atom stereocenters. The number of ketones is 2. The van der Waals surface area contributed by atoms with Gasteiger partial charge in [-0.3, -0.25) is 9.59 Å². The van der Waals surface area contributed by atoms with E-state index in [1.807, 2.05) is 97.3 Å². The van der Waals surface area contributed by atoms with Crippen molar-refractivity contribution < 1.29 is 29.7 Å². The van der Waals surface area contributed by atoms with Gasteiger partial charge in [0.2, 0.25) is 0 Å². The molecule has 9 heteroatoms. The summed E-state index contributed by atoms with van der Waals surface area (Å²) in [7, 11) is 7.17. The molecule has 0 N–H and O–H groups in total. The van der Waals surface area contributed by atoms with Crippen molar-refractivity contribution in [3.8, 4) is 45.0 Å². The molecule has 6 nitrogen and oxygen atoms in total. The average molecular weight is 1240 g/mol. The number of carbonyl (C=O) groups excluding carboxylic acids is 2. The summed E-state index contributed by atoms with van der Waals surface area (Å²) in [6.45, 7) is 2.81. The third-order valence-electron chi connectivity index (χ3n) is 13.5. The number of aromatic nitrogens is 4. The number of hydrogen-bond acceptors (Lipinski definition) is 4. The second-order valence-electron chi connectivity index (χ2n) is 19.0. The Balaban J connectivity index is 0.000000152. The van der Waals surface area contributed by atoms with E-state index >= 15 is 0 Å². The Hall–Kier alpha value is -8.90. The monoisotopic (exact) mass is 1240 g/mol. The van der Waals surface area contributed by atoms with Crippen LogP contribution in [0.2, 0.25) is 0 Å². The van der Waals surface area contributed by atoms with E-state index in [4.69, 9.17) is 7.85 Å². The first-order valence-corrected chi connectivity index (χ1v) is 27.3. The smallest absolute Gasteiger partial charge is 0.309 e. The van der Waals surface area contributed by atoms with Crippen LogP contribution in [0.5, 0.6) is 0 Å². The van der Waals surface area contributed by atoms with Crippen molar-refractivity contribution in [2.75, 3.05) is 6.06 Å². The number of carbonyl (C=O) groups is 2. The van der Waals surface area contributed by atoms with Gasteiger partial charge in [0, 0.05) is 45.3 Å². The Morgan fingerprint density at radius 2 is 0.704 bits per heavy atom. The van der Waals surface area contributed by atoms with Gasteiger partial charge in [-0.25, -0.2) is 0 Å². The summed E-state index contributed by atoms with van der Waals surface area (Å²) in [5.41, 5.74) is 13.8. The van der Waals surface area contributed by atoms with Gasteiger partial charge in [0.15, 0.2) is 0 Å². The van der Waals surface area contributed by atoms with Gasteiger partial charge in [0.25, 0.3) is 0 Å². The van der Waals surface area contributed by atoms with Crippen molar-refractivity contribution in [2.45, 2.75) is 20.3 Å². The topological polar surface area (TPSA) is 69.8 Å². The SMILES string of the molecule is CC(=O)CC(C)=O.[B]CP.[Ir+3].[c-]1ccccc1-c1nccc2ccccc12.[c-]1ccccc1-c1nccc2ccccc12.c1ccc2c(c1)c1ccccc1n2-c1ccc(-c2ccc(-n3c4ccccc4c4ccccc43)cc2)cc1. The number of Topliss-reactive ketones (excluding diaryl/α,β-unsaturated/α-hetero) is 2. The normalized spacial score (nSPS) is 10.6. The number of pyridine rings is 2. The van der Waals surface area contributed by atoms with Crippen molar-refractivity contribution in [3.63, 3.8) is 0 Å². The molecular weight excluding hydrogens is 1190 g/mol. The average Bonchev–Trinajstić information content (AvgIpc) is 4.24. The van der Waals surface area contributed by atoms with Gasteiger partial charge in [-0.2, -0.15) is 0 Å². The third kappa shape index (κ3) is 13.1. The Morgan fingerprint density at radius 1 is 0.407 bits per heavy atom. The van der Waals surface area contributed by atoms with Crippen molar-refractivity contribution in [1.82, 2.24) is 19.1 Å². The first kappa shape index (κ1) is 56.8. The molecule has 2 radical (unpaired) electrons. The number of para-hydroxylation sites is 4. The molecule has 392 valence electrons. The molecule has 0 saturated carbocycles. The van der Waals surface area contributed by atoms with Crippen LogP contribution in [0.1, 0.15) is 20.3 Å². The van der Waals surface area contributed by atoms with E-state index in [1.165, 1.54) is 102 Å². The Morgan fingerprint density at radius 3 is 1.00 bits per heavy atom. The van der Waals surface area contributed by atoms with Gasteiger partial charge in [0.1, 0.15) is 11.6 Å². The zero-order valence-electron chi connectivity index (χ0n) is 44.9. The van der Waals surface area contributed by atoms with Gasteiger partial charge in [-0.05, 0) is 119 Å². The number of hydrogen-bond donors (Lipinski definition) is 0. The molecule has 14 rings (SSSR count). The Labute approximate surface area is 490 Å². The van der Waals surface area contributed by atoms with E-state index in [9.17, 15) is 9.59 Å². The van der Waals surface area contributed by atoms with Crippen LogP contribution in [0.4, 0.5) is 0 Å². The standard InChI is InChI=1S/C36H24N2.2C15H10N.C5H8O2.CH4BP.Ir/c1-5-13-33-29(9-1)30-10-2-6-14-34(30)37(33)27-21-17-25(18-22-27)26-19-23-28(24-20-26)38-35-15-7-3-11-31(35)32-12-4-8-16-36(32)38;2*1-2-7-13(8-3-1)15-14-9-5-4-6-12(14)10-11-16-15;1-4(6)3-5(2)7;2-1-3;/h1-24H;2*1-7,9-11H;3H2,1-2H3;1,3H2;/q;2*-1;;;+3. The number of nitrogens with zero attached hydrogens (tertiary/aromatic N) is 4. The van der Waals surface area contributed by atoms with Gasteiger partial charge in [-0.1, -0.05) is 152 Å². The van der Waals surface area contributed by atoms with Crippen LogP contribution < -0.4 is 0 Å². The molecule has 4 heterocycles.